The van der Waals surface area contributed by atoms with Crippen molar-refractivity contribution in [2.45, 2.75) is 23.2 Å². The van der Waals surface area contributed by atoms with E-state index in [0.29, 0.717) is 32.3 Å². The fourth-order valence-corrected chi connectivity index (χ4v) is 4.65. The minimum absolute atomic E-state index is 0.141. The molecular weight excluding hydrogens is 429 g/mol. The Morgan fingerprint density at radius 3 is 2.62 bits per heavy atom. The molecule has 1 aliphatic rings. The quantitative estimate of drug-likeness (QED) is 0.460. The number of anilines is 1. The van der Waals surface area contributed by atoms with E-state index in [1.165, 1.54) is 11.8 Å². The Kier molecular flexibility index (Phi) is 5.67. The number of hydrogen-bond acceptors (Lipinski definition) is 4. The number of thioether (sulfide) groups is 1. The number of rotatable bonds is 4. The van der Waals surface area contributed by atoms with Crippen molar-refractivity contribution in [2.75, 3.05) is 5.32 Å². The summed E-state index contributed by atoms with van der Waals surface area (Å²) in [5.41, 5.74) is 2.05. The van der Waals surface area contributed by atoms with Crippen LogP contribution in [0.15, 0.2) is 58.5 Å². The second kappa shape index (κ2) is 8.22. The monoisotopic (exact) mass is 445 g/mol. The van der Waals surface area contributed by atoms with Gasteiger partial charge in [0.25, 0.3) is 5.56 Å². The molecule has 0 fully saturated rings. The molecule has 1 unspecified atom stereocenters. The summed E-state index contributed by atoms with van der Waals surface area (Å²) in [6.07, 6.45) is 0.182. The minimum Gasteiger partial charge on any atom is -0.312 e. The van der Waals surface area contributed by atoms with E-state index in [2.05, 4.69) is 10.3 Å². The van der Waals surface area contributed by atoms with Gasteiger partial charge in [0.15, 0.2) is 5.16 Å². The Morgan fingerprint density at radius 2 is 1.90 bits per heavy atom. The molecule has 3 aromatic rings. The van der Waals surface area contributed by atoms with Crippen LogP contribution >= 0.6 is 35.0 Å². The molecule has 1 aromatic heterocycles. The van der Waals surface area contributed by atoms with E-state index in [1.54, 1.807) is 23.7 Å². The highest BCUT2D eigenvalue weighted by molar-refractivity contribution is 7.98. The normalized spacial score (nSPS) is 15.7. The first-order valence-corrected chi connectivity index (χ1v) is 10.7. The number of fused-ring (bicyclic) bond motifs is 1. The van der Waals surface area contributed by atoms with Crippen LogP contribution in [-0.2, 0) is 17.6 Å². The number of benzene rings is 2. The predicted octanol–water partition coefficient (Wildman–Crippen LogP) is 4.85. The van der Waals surface area contributed by atoms with Gasteiger partial charge in [-0.05, 0) is 35.4 Å². The molecule has 5 nitrogen and oxygen atoms in total. The van der Waals surface area contributed by atoms with Crippen molar-refractivity contribution in [3.8, 4) is 0 Å². The molecule has 2 aromatic carbocycles. The van der Waals surface area contributed by atoms with Gasteiger partial charge in [0.2, 0.25) is 5.91 Å². The van der Waals surface area contributed by atoms with Gasteiger partial charge in [-0.2, -0.15) is 4.98 Å². The molecule has 0 aliphatic carbocycles. The smallest absolute Gasteiger partial charge is 0.279 e. The van der Waals surface area contributed by atoms with Crippen LogP contribution in [0.2, 0.25) is 10.0 Å². The number of nitrogens with zero attached hydrogens (tertiary/aromatic N) is 2. The molecule has 0 spiro atoms. The van der Waals surface area contributed by atoms with E-state index >= 15 is 0 Å². The molecule has 1 aliphatic heterocycles. The number of aromatic nitrogens is 2. The van der Waals surface area contributed by atoms with Crippen LogP contribution in [0.1, 0.15) is 29.0 Å². The summed E-state index contributed by atoms with van der Waals surface area (Å²) in [5.74, 6) is 0.600. The molecule has 0 bridgehead atoms. The van der Waals surface area contributed by atoms with Gasteiger partial charge in [0, 0.05) is 35.2 Å². The Labute approximate surface area is 182 Å². The third kappa shape index (κ3) is 4.20. The molecular formula is C21H17Cl2N3O2S. The zero-order valence-electron chi connectivity index (χ0n) is 15.5. The van der Waals surface area contributed by atoms with Gasteiger partial charge in [0.1, 0.15) is 5.82 Å². The summed E-state index contributed by atoms with van der Waals surface area (Å²) < 4.78 is 1.77. The van der Waals surface area contributed by atoms with E-state index in [4.69, 9.17) is 23.2 Å². The van der Waals surface area contributed by atoms with E-state index in [-0.39, 0.29) is 23.8 Å². The van der Waals surface area contributed by atoms with E-state index < -0.39 is 0 Å². The first kappa shape index (κ1) is 20.0. The Hall–Kier alpha value is -2.28. The van der Waals surface area contributed by atoms with Crippen molar-refractivity contribution in [1.82, 2.24) is 9.55 Å². The zero-order chi connectivity index (χ0) is 20.5. The lowest BCUT2D eigenvalue weighted by atomic mass is 9.87. The van der Waals surface area contributed by atoms with Gasteiger partial charge >= 0.3 is 0 Å². The Morgan fingerprint density at radius 1 is 1.14 bits per heavy atom. The summed E-state index contributed by atoms with van der Waals surface area (Å²) >= 11 is 13.5. The average molecular weight is 446 g/mol. The van der Waals surface area contributed by atoms with Gasteiger partial charge < -0.3 is 9.88 Å². The summed E-state index contributed by atoms with van der Waals surface area (Å²) in [5, 5.41) is 4.63. The number of hydrogen-bond donors (Lipinski definition) is 1. The lowest BCUT2D eigenvalue weighted by Crippen LogP contribution is -2.33. The van der Waals surface area contributed by atoms with Gasteiger partial charge in [-0.1, -0.05) is 59.2 Å². The standard InChI is InChI=1S/C21H17Cl2N3O2S/c1-26-19-18(16(10-17(27)24-19)13-3-2-4-15(23)9-13)20(28)25-21(26)29-11-12-5-7-14(22)8-6-12/h2-9,16H,10-11H2,1H3,(H,24,27). The van der Waals surface area contributed by atoms with Gasteiger partial charge in [-0.25, -0.2) is 0 Å². The van der Waals surface area contributed by atoms with Crippen molar-refractivity contribution >= 4 is 46.7 Å². The van der Waals surface area contributed by atoms with E-state index in [0.717, 1.165) is 11.1 Å². The maximum Gasteiger partial charge on any atom is 0.279 e. The molecule has 0 radical (unpaired) electrons. The average Bonchev–Trinajstić information content (AvgIpc) is 2.70. The van der Waals surface area contributed by atoms with Crippen LogP contribution in [0.3, 0.4) is 0 Å². The zero-order valence-corrected chi connectivity index (χ0v) is 17.8. The van der Waals surface area contributed by atoms with Gasteiger partial charge in [-0.3, -0.25) is 9.59 Å². The number of amides is 1. The topological polar surface area (TPSA) is 64.0 Å². The van der Waals surface area contributed by atoms with Crippen LogP contribution < -0.4 is 10.9 Å². The first-order valence-electron chi connectivity index (χ1n) is 8.96. The fraction of sp³-hybridized carbons (Fsp3) is 0.190. The summed E-state index contributed by atoms with van der Waals surface area (Å²) in [6.45, 7) is 0. The van der Waals surface area contributed by atoms with Crippen molar-refractivity contribution in [3.63, 3.8) is 0 Å². The summed E-state index contributed by atoms with van der Waals surface area (Å²) in [4.78, 5) is 29.6. The molecule has 2 heterocycles. The minimum atomic E-state index is -0.376. The third-order valence-electron chi connectivity index (χ3n) is 4.83. The van der Waals surface area contributed by atoms with E-state index in [1.807, 2.05) is 36.4 Å². The molecule has 4 rings (SSSR count). The van der Waals surface area contributed by atoms with Crippen LogP contribution in [0.25, 0.3) is 0 Å². The maximum absolute atomic E-state index is 12.9. The molecule has 1 atom stereocenters. The maximum atomic E-state index is 12.9. The number of carbonyl (C=O) groups excluding carboxylic acids is 1. The third-order valence-corrected chi connectivity index (χ3v) is 6.42. The van der Waals surface area contributed by atoms with Crippen molar-refractivity contribution in [3.05, 3.63) is 85.6 Å². The van der Waals surface area contributed by atoms with E-state index in [9.17, 15) is 9.59 Å². The van der Waals surface area contributed by atoms with Gasteiger partial charge in [-0.15, -0.1) is 0 Å². The van der Waals surface area contributed by atoms with Crippen LogP contribution in [0, 0.1) is 0 Å². The molecule has 0 saturated carbocycles. The van der Waals surface area contributed by atoms with Crippen molar-refractivity contribution in [2.24, 2.45) is 7.05 Å². The van der Waals surface area contributed by atoms with Gasteiger partial charge in [0.05, 0.1) is 5.56 Å². The highest BCUT2D eigenvalue weighted by Crippen LogP contribution is 2.36. The van der Waals surface area contributed by atoms with Crippen LogP contribution in [0.5, 0.6) is 0 Å². The highest BCUT2D eigenvalue weighted by Gasteiger charge is 2.32. The number of nitrogens with one attached hydrogen (secondary N) is 1. The molecule has 29 heavy (non-hydrogen) atoms. The summed E-state index contributed by atoms with van der Waals surface area (Å²) in [7, 11) is 1.80. The second-order valence-corrected chi connectivity index (χ2v) is 8.61. The molecule has 8 heteroatoms. The predicted molar refractivity (Wildman–Crippen MR) is 117 cm³/mol. The molecule has 0 saturated heterocycles. The Bertz CT molecular complexity index is 1150. The number of halogens is 2. The van der Waals surface area contributed by atoms with Crippen LogP contribution in [0.4, 0.5) is 5.82 Å². The van der Waals surface area contributed by atoms with Crippen molar-refractivity contribution in [1.29, 1.82) is 0 Å². The van der Waals surface area contributed by atoms with Crippen molar-refractivity contribution < 1.29 is 4.79 Å². The van der Waals surface area contributed by atoms with Crippen LogP contribution in [-0.4, -0.2) is 15.5 Å². The summed E-state index contributed by atoms with van der Waals surface area (Å²) in [6, 6.07) is 14.8. The number of carbonyl (C=O) groups is 1. The lowest BCUT2D eigenvalue weighted by Gasteiger charge is -2.27. The largest absolute Gasteiger partial charge is 0.312 e. The Balaban J connectivity index is 1.71. The first-order chi connectivity index (χ1) is 13.9. The molecule has 1 N–H and O–H groups in total. The second-order valence-electron chi connectivity index (χ2n) is 6.80. The molecule has 148 valence electrons. The lowest BCUT2D eigenvalue weighted by molar-refractivity contribution is -0.116. The highest BCUT2D eigenvalue weighted by atomic mass is 35.5. The SMILES string of the molecule is Cn1c(SCc2ccc(Cl)cc2)nc(=O)c2c1NC(=O)CC2c1cccc(Cl)c1. The molecule has 1 amide bonds. The fourth-order valence-electron chi connectivity index (χ4n) is 3.40.